The van der Waals surface area contributed by atoms with Gasteiger partial charge in [0.15, 0.2) is 0 Å². The molecule has 0 aliphatic rings. The number of halogens is 3. The van der Waals surface area contributed by atoms with Crippen LogP contribution in [0.2, 0.25) is 10.0 Å². The van der Waals surface area contributed by atoms with Crippen LogP contribution in [0.1, 0.15) is 0 Å². The Morgan fingerprint density at radius 2 is 1.80 bits per heavy atom. The smallest absolute Gasteiger partial charge is 0.123 e. The van der Waals surface area contributed by atoms with Crippen molar-refractivity contribution >= 4 is 23.2 Å². The molecule has 0 saturated heterocycles. The molecule has 0 aliphatic carbocycles. The second kappa shape index (κ2) is 4.21. The molecule has 75 valence electrons. The van der Waals surface area contributed by atoms with Crippen molar-refractivity contribution in [1.29, 1.82) is 0 Å². The molecule has 0 amide bonds. The van der Waals surface area contributed by atoms with Gasteiger partial charge in [0.2, 0.25) is 0 Å². The summed E-state index contributed by atoms with van der Waals surface area (Å²) in [7, 11) is 0. The van der Waals surface area contributed by atoms with Crippen LogP contribution < -0.4 is 0 Å². The maximum absolute atomic E-state index is 13.0. The lowest BCUT2D eigenvalue weighted by Crippen LogP contribution is -1.80. The summed E-state index contributed by atoms with van der Waals surface area (Å²) in [6.45, 7) is 0. The molecule has 0 spiro atoms. The fourth-order valence-corrected chi connectivity index (χ4v) is 1.57. The Morgan fingerprint density at radius 1 is 1.00 bits per heavy atom. The first-order valence-electron chi connectivity index (χ1n) is 4.29. The summed E-state index contributed by atoms with van der Waals surface area (Å²) in [6, 6.07) is 12.4. The zero-order valence-electron chi connectivity index (χ0n) is 7.60. The minimum Gasteiger partial charge on any atom is -0.207 e. The molecule has 0 N–H and O–H groups in total. The second-order valence-electron chi connectivity index (χ2n) is 3.05. The van der Waals surface area contributed by atoms with Gasteiger partial charge in [-0.3, -0.25) is 0 Å². The maximum atomic E-state index is 13.0. The van der Waals surface area contributed by atoms with E-state index in [0.717, 1.165) is 5.56 Å². The van der Waals surface area contributed by atoms with Gasteiger partial charge in [-0.15, -0.1) is 0 Å². The van der Waals surface area contributed by atoms with E-state index in [1.54, 1.807) is 18.2 Å². The number of benzene rings is 2. The SMILES string of the molecule is Fc1cc[c]c(-c2ccc(Cl)c(Cl)c2)c1. The Hall–Kier alpha value is -1.05. The van der Waals surface area contributed by atoms with Crippen LogP contribution in [0, 0.1) is 11.9 Å². The Kier molecular flexibility index (Phi) is 2.94. The first-order valence-corrected chi connectivity index (χ1v) is 5.05. The highest BCUT2D eigenvalue weighted by Crippen LogP contribution is 2.28. The summed E-state index contributed by atoms with van der Waals surface area (Å²) in [4.78, 5) is 0. The average Bonchev–Trinajstić information content (AvgIpc) is 2.22. The zero-order chi connectivity index (χ0) is 10.8. The summed E-state index contributed by atoms with van der Waals surface area (Å²) in [5.74, 6) is -0.296. The van der Waals surface area contributed by atoms with Crippen LogP contribution in [0.4, 0.5) is 4.39 Å². The molecule has 2 aromatic rings. The standard InChI is InChI=1S/C12H6Cl2F/c13-11-5-4-9(7-12(11)14)8-2-1-3-10(15)6-8/h1,3-7H. The highest BCUT2D eigenvalue weighted by Gasteiger charge is 2.02. The average molecular weight is 240 g/mol. The quantitative estimate of drug-likeness (QED) is 0.683. The molecule has 15 heavy (non-hydrogen) atoms. The molecular formula is C12H6Cl2F. The molecule has 0 aliphatic heterocycles. The predicted molar refractivity (Wildman–Crippen MR) is 60.7 cm³/mol. The van der Waals surface area contributed by atoms with Crippen LogP contribution in [0.25, 0.3) is 11.1 Å². The van der Waals surface area contributed by atoms with E-state index < -0.39 is 0 Å². The minimum atomic E-state index is -0.296. The monoisotopic (exact) mass is 239 g/mol. The molecule has 0 unspecified atom stereocenters. The van der Waals surface area contributed by atoms with E-state index in [9.17, 15) is 4.39 Å². The van der Waals surface area contributed by atoms with Gasteiger partial charge in [-0.1, -0.05) is 35.3 Å². The fourth-order valence-electron chi connectivity index (χ4n) is 1.27. The first-order chi connectivity index (χ1) is 7.16. The highest BCUT2D eigenvalue weighted by atomic mass is 35.5. The molecule has 1 radical (unpaired) electrons. The normalized spacial score (nSPS) is 10.3. The first kappa shape index (κ1) is 10.5. The molecule has 0 aromatic heterocycles. The van der Waals surface area contributed by atoms with Gasteiger partial charge in [-0.2, -0.15) is 0 Å². The lowest BCUT2D eigenvalue weighted by atomic mass is 10.1. The van der Waals surface area contributed by atoms with Gasteiger partial charge in [0, 0.05) is 0 Å². The van der Waals surface area contributed by atoms with Crippen molar-refractivity contribution < 1.29 is 4.39 Å². The molecule has 0 atom stereocenters. The molecule has 0 fully saturated rings. The Bertz CT molecular complexity index is 495. The lowest BCUT2D eigenvalue weighted by Gasteiger charge is -2.02. The third kappa shape index (κ3) is 2.31. The minimum absolute atomic E-state index is 0.296. The molecule has 0 nitrogen and oxygen atoms in total. The number of rotatable bonds is 1. The molecule has 3 heteroatoms. The highest BCUT2D eigenvalue weighted by molar-refractivity contribution is 6.42. The summed E-state index contributed by atoms with van der Waals surface area (Å²) in [5, 5.41) is 0.934. The van der Waals surface area contributed by atoms with E-state index in [1.165, 1.54) is 18.2 Å². The van der Waals surface area contributed by atoms with E-state index in [1.807, 2.05) is 0 Å². The largest absolute Gasteiger partial charge is 0.207 e. The van der Waals surface area contributed by atoms with Crippen LogP contribution in [-0.2, 0) is 0 Å². The van der Waals surface area contributed by atoms with Crippen molar-refractivity contribution in [3.8, 4) is 11.1 Å². The van der Waals surface area contributed by atoms with E-state index in [0.29, 0.717) is 15.6 Å². The molecule has 0 heterocycles. The summed E-state index contributed by atoms with van der Waals surface area (Å²) < 4.78 is 13.0. The summed E-state index contributed by atoms with van der Waals surface area (Å²) in [6.07, 6.45) is 0. The predicted octanol–water partition coefficient (Wildman–Crippen LogP) is 4.60. The number of hydrogen-bond donors (Lipinski definition) is 0. The summed E-state index contributed by atoms with van der Waals surface area (Å²) >= 11 is 11.6. The van der Waals surface area contributed by atoms with Crippen molar-refractivity contribution in [2.45, 2.75) is 0 Å². The van der Waals surface area contributed by atoms with Gasteiger partial charge in [0.05, 0.1) is 10.0 Å². The topological polar surface area (TPSA) is 0 Å². The van der Waals surface area contributed by atoms with E-state index >= 15 is 0 Å². The molecule has 2 rings (SSSR count). The third-order valence-corrected chi connectivity index (χ3v) is 2.73. The van der Waals surface area contributed by atoms with Gasteiger partial charge in [0.25, 0.3) is 0 Å². The van der Waals surface area contributed by atoms with Crippen LogP contribution >= 0.6 is 23.2 Å². The molecule has 2 aromatic carbocycles. The van der Waals surface area contributed by atoms with Crippen molar-refractivity contribution in [3.63, 3.8) is 0 Å². The van der Waals surface area contributed by atoms with Gasteiger partial charge in [-0.25, -0.2) is 4.39 Å². The van der Waals surface area contributed by atoms with E-state index in [2.05, 4.69) is 6.07 Å². The maximum Gasteiger partial charge on any atom is 0.123 e. The van der Waals surface area contributed by atoms with Crippen molar-refractivity contribution in [1.82, 2.24) is 0 Å². The van der Waals surface area contributed by atoms with Crippen LogP contribution in [0.3, 0.4) is 0 Å². The van der Waals surface area contributed by atoms with Gasteiger partial charge in [0.1, 0.15) is 5.82 Å². The third-order valence-electron chi connectivity index (χ3n) is 1.99. The summed E-state index contributed by atoms with van der Waals surface area (Å²) in [5.41, 5.74) is 1.46. The number of hydrogen-bond acceptors (Lipinski definition) is 0. The van der Waals surface area contributed by atoms with Crippen molar-refractivity contribution in [3.05, 3.63) is 58.3 Å². The molecule has 0 bridgehead atoms. The lowest BCUT2D eigenvalue weighted by molar-refractivity contribution is 0.628. The Balaban J connectivity index is 2.50. The van der Waals surface area contributed by atoms with Crippen LogP contribution in [-0.4, -0.2) is 0 Å². The van der Waals surface area contributed by atoms with Crippen LogP contribution in [0.5, 0.6) is 0 Å². The van der Waals surface area contributed by atoms with E-state index in [-0.39, 0.29) is 5.82 Å². The fraction of sp³-hybridized carbons (Fsp3) is 0. The van der Waals surface area contributed by atoms with Gasteiger partial charge < -0.3 is 0 Å². The van der Waals surface area contributed by atoms with Gasteiger partial charge >= 0.3 is 0 Å². The van der Waals surface area contributed by atoms with Crippen molar-refractivity contribution in [2.24, 2.45) is 0 Å². The Labute approximate surface area is 97.3 Å². The molecular weight excluding hydrogens is 234 g/mol. The van der Waals surface area contributed by atoms with Crippen molar-refractivity contribution in [2.75, 3.05) is 0 Å². The van der Waals surface area contributed by atoms with Gasteiger partial charge in [-0.05, 0) is 41.5 Å². The second-order valence-corrected chi connectivity index (χ2v) is 3.86. The van der Waals surface area contributed by atoms with Crippen LogP contribution in [0.15, 0.2) is 36.4 Å². The molecule has 0 saturated carbocycles. The Morgan fingerprint density at radius 3 is 2.47 bits per heavy atom. The van der Waals surface area contributed by atoms with E-state index in [4.69, 9.17) is 23.2 Å². The zero-order valence-corrected chi connectivity index (χ0v) is 9.11.